The first-order chi connectivity index (χ1) is 20.4. The molecule has 3 aromatic rings. The molecule has 2 amide bonds. The van der Waals surface area contributed by atoms with E-state index in [-0.39, 0.29) is 36.1 Å². The van der Waals surface area contributed by atoms with E-state index < -0.39 is 5.97 Å². The van der Waals surface area contributed by atoms with Crippen LogP contribution in [0.2, 0.25) is 0 Å². The maximum absolute atomic E-state index is 13.0. The van der Waals surface area contributed by atoms with Gasteiger partial charge in [-0.2, -0.15) is 0 Å². The maximum Gasteiger partial charge on any atom is 0.341 e. The highest BCUT2D eigenvalue weighted by Crippen LogP contribution is 2.44. The molecule has 1 aliphatic rings. The SMILES string of the molecule is CCOC(=O)c1c(NC(=O)CSc2nnc(CNC(=O)c3cc(OC)cc(OC)c3)n2C)sc2c1CCC(C(C)(C)C)C2. The molecule has 1 aromatic carbocycles. The van der Waals surface area contributed by atoms with Crippen molar-refractivity contribution >= 4 is 45.9 Å². The number of anilines is 1. The molecule has 11 nitrogen and oxygen atoms in total. The number of hydrogen-bond acceptors (Lipinski definition) is 10. The van der Waals surface area contributed by atoms with Crippen molar-refractivity contribution in [2.75, 3.05) is 31.9 Å². The molecule has 1 aliphatic carbocycles. The number of aromatic nitrogens is 3. The fourth-order valence-electron chi connectivity index (χ4n) is 4.95. The molecule has 43 heavy (non-hydrogen) atoms. The lowest BCUT2D eigenvalue weighted by Gasteiger charge is -2.33. The van der Waals surface area contributed by atoms with Crippen LogP contribution in [0, 0.1) is 11.3 Å². The summed E-state index contributed by atoms with van der Waals surface area (Å²) in [6, 6.07) is 4.93. The first kappa shape index (κ1) is 32.3. The van der Waals surface area contributed by atoms with Crippen LogP contribution in [0.15, 0.2) is 23.4 Å². The van der Waals surface area contributed by atoms with E-state index in [0.29, 0.717) is 44.5 Å². The van der Waals surface area contributed by atoms with Crippen molar-refractivity contribution in [1.82, 2.24) is 20.1 Å². The van der Waals surface area contributed by atoms with Gasteiger partial charge < -0.3 is 29.4 Å². The topological polar surface area (TPSA) is 134 Å². The van der Waals surface area contributed by atoms with Crippen molar-refractivity contribution in [3.8, 4) is 11.5 Å². The predicted octanol–water partition coefficient (Wildman–Crippen LogP) is 4.88. The van der Waals surface area contributed by atoms with Crippen molar-refractivity contribution in [2.24, 2.45) is 18.4 Å². The number of rotatable bonds is 11. The number of thiophene rings is 1. The van der Waals surface area contributed by atoms with Gasteiger partial charge in [-0.05, 0) is 55.2 Å². The second-order valence-electron chi connectivity index (χ2n) is 11.3. The molecule has 0 saturated heterocycles. The highest BCUT2D eigenvalue weighted by atomic mass is 32.2. The van der Waals surface area contributed by atoms with E-state index in [1.165, 1.54) is 37.3 Å². The largest absolute Gasteiger partial charge is 0.497 e. The van der Waals surface area contributed by atoms with Gasteiger partial charge in [-0.3, -0.25) is 9.59 Å². The van der Waals surface area contributed by atoms with E-state index >= 15 is 0 Å². The fourth-order valence-corrected chi connectivity index (χ4v) is 7.01. The molecular weight excluding hydrogens is 590 g/mol. The number of thioether (sulfide) groups is 1. The number of methoxy groups -OCH3 is 2. The van der Waals surface area contributed by atoms with E-state index in [9.17, 15) is 14.4 Å². The molecule has 4 rings (SSSR count). The van der Waals surface area contributed by atoms with Crippen LogP contribution < -0.4 is 20.1 Å². The average Bonchev–Trinajstić information content (AvgIpc) is 3.52. The number of hydrogen-bond donors (Lipinski definition) is 2. The number of nitrogens with one attached hydrogen (secondary N) is 2. The van der Waals surface area contributed by atoms with Crippen LogP contribution in [0.5, 0.6) is 11.5 Å². The molecule has 13 heteroatoms. The molecule has 2 N–H and O–H groups in total. The van der Waals surface area contributed by atoms with Crippen LogP contribution in [0.3, 0.4) is 0 Å². The average molecular weight is 630 g/mol. The molecule has 2 aromatic heterocycles. The van der Waals surface area contributed by atoms with Crippen LogP contribution >= 0.6 is 23.1 Å². The van der Waals surface area contributed by atoms with Gasteiger partial charge in [-0.1, -0.05) is 32.5 Å². The van der Waals surface area contributed by atoms with E-state index in [1.54, 1.807) is 36.7 Å². The molecule has 0 bridgehead atoms. The third-order valence-electron chi connectivity index (χ3n) is 7.50. The van der Waals surface area contributed by atoms with Crippen molar-refractivity contribution < 1.29 is 28.6 Å². The zero-order valence-electron chi connectivity index (χ0n) is 25.7. The summed E-state index contributed by atoms with van der Waals surface area (Å²) in [5.41, 5.74) is 2.03. The summed E-state index contributed by atoms with van der Waals surface area (Å²) in [6.07, 6.45) is 2.66. The molecule has 0 fully saturated rings. The van der Waals surface area contributed by atoms with E-state index in [2.05, 4.69) is 41.6 Å². The molecule has 1 atom stereocenters. The Bertz CT molecular complexity index is 1470. The Morgan fingerprint density at radius 2 is 1.81 bits per heavy atom. The number of benzene rings is 1. The zero-order valence-corrected chi connectivity index (χ0v) is 27.3. The lowest BCUT2D eigenvalue weighted by molar-refractivity contribution is -0.113. The molecule has 232 valence electrons. The summed E-state index contributed by atoms with van der Waals surface area (Å²) < 4.78 is 17.6. The minimum atomic E-state index is -0.399. The molecule has 0 spiro atoms. The highest BCUT2D eigenvalue weighted by Gasteiger charge is 2.34. The van der Waals surface area contributed by atoms with Gasteiger partial charge in [-0.25, -0.2) is 4.79 Å². The molecule has 0 saturated carbocycles. The summed E-state index contributed by atoms with van der Waals surface area (Å²) in [5, 5.41) is 15.2. The van der Waals surface area contributed by atoms with Crippen molar-refractivity contribution in [3.05, 3.63) is 45.6 Å². The number of ether oxygens (including phenoxy) is 3. The van der Waals surface area contributed by atoms with Gasteiger partial charge in [0.15, 0.2) is 11.0 Å². The highest BCUT2D eigenvalue weighted by molar-refractivity contribution is 7.99. The predicted molar refractivity (Wildman–Crippen MR) is 166 cm³/mol. The smallest absolute Gasteiger partial charge is 0.341 e. The van der Waals surface area contributed by atoms with Gasteiger partial charge in [-0.15, -0.1) is 21.5 Å². The number of carbonyl (C=O) groups excluding carboxylic acids is 3. The minimum Gasteiger partial charge on any atom is -0.497 e. The van der Waals surface area contributed by atoms with Crippen molar-refractivity contribution in [2.45, 2.75) is 58.7 Å². The monoisotopic (exact) mass is 629 g/mol. The van der Waals surface area contributed by atoms with Crippen LogP contribution in [-0.2, 0) is 36.0 Å². The van der Waals surface area contributed by atoms with E-state index in [1.807, 2.05) is 0 Å². The summed E-state index contributed by atoms with van der Waals surface area (Å²) in [4.78, 5) is 39.8. The van der Waals surface area contributed by atoms with Crippen LogP contribution in [0.25, 0.3) is 0 Å². The normalized spacial score (nSPS) is 14.5. The number of esters is 1. The molecule has 2 heterocycles. The number of carbonyl (C=O) groups is 3. The van der Waals surface area contributed by atoms with E-state index in [0.717, 1.165) is 29.7 Å². The zero-order chi connectivity index (χ0) is 31.3. The minimum absolute atomic E-state index is 0.0669. The molecule has 1 unspecified atom stereocenters. The second-order valence-corrected chi connectivity index (χ2v) is 13.4. The molecule has 0 radical (unpaired) electrons. The standard InChI is InChI=1S/C30H39N5O6S2/c1-8-41-28(38)25-21-10-9-18(30(2,3)4)13-22(21)43-27(25)32-24(36)16-42-29-34-33-23(35(29)5)15-31-26(37)17-11-19(39-6)14-20(12-17)40-7/h11-12,14,18H,8-10,13,15-16H2,1-7H3,(H,31,37)(H,32,36). The summed E-state index contributed by atoms with van der Waals surface area (Å²) in [7, 11) is 4.81. The van der Waals surface area contributed by atoms with Crippen molar-refractivity contribution in [1.29, 1.82) is 0 Å². The number of amides is 2. The van der Waals surface area contributed by atoms with Crippen LogP contribution in [0.4, 0.5) is 5.00 Å². The van der Waals surface area contributed by atoms with E-state index in [4.69, 9.17) is 14.2 Å². The summed E-state index contributed by atoms with van der Waals surface area (Å²) in [6.45, 7) is 8.90. The van der Waals surface area contributed by atoms with Gasteiger partial charge in [0.1, 0.15) is 16.5 Å². The summed E-state index contributed by atoms with van der Waals surface area (Å²) in [5.74, 6) is 1.13. The van der Waals surface area contributed by atoms with Gasteiger partial charge in [0.05, 0.1) is 38.7 Å². The Hall–Kier alpha value is -3.58. The Morgan fingerprint density at radius 1 is 1.12 bits per heavy atom. The van der Waals surface area contributed by atoms with Gasteiger partial charge in [0, 0.05) is 23.6 Å². The Morgan fingerprint density at radius 3 is 2.44 bits per heavy atom. The Kier molecular flexibility index (Phi) is 10.4. The van der Waals surface area contributed by atoms with Gasteiger partial charge in [0.25, 0.3) is 5.91 Å². The van der Waals surface area contributed by atoms with Gasteiger partial charge >= 0.3 is 5.97 Å². The third kappa shape index (κ3) is 7.69. The van der Waals surface area contributed by atoms with Crippen molar-refractivity contribution in [3.63, 3.8) is 0 Å². The summed E-state index contributed by atoms with van der Waals surface area (Å²) >= 11 is 2.69. The maximum atomic E-state index is 13.0. The molecule has 0 aliphatic heterocycles. The molecular formula is C30H39N5O6S2. The Labute approximate surface area is 260 Å². The second kappa shape index (κ2) is 13.8. The third-order valence-corrected chi connectivity index (χ3v) is 9.69. The fraction of sp³-hybridized carbons (Fsp3) is 0.500. The van der Waals surface area contributed by atoms with Crippen LogP contribution in [0.1, 0.15) is 71.1 Å². The van der Waals surface area contributed by atoms with Crippen LogP contribution in [-0.4, -0.2) is 59.1 Å². The lowest BCUT2D eigenvalue weighted by Crippen LogP contribution is -2.26. The first-order valence-electron chi connectivity index (χ1n) is 14.1. The van der Waals surface area contributed by atoms with Gasteiger partial charge in [0.2, 0.25) is 5.91 Å². The number of nitrogens with zero attached hydrogens (tertiary/aromatic N) is 3. The Balaban J connectivity index is 1.39. The quantitative estimate of drug-likeness (QED) is 0.225. The lowest BCUT2D eigenvalue weighted by atomic mass is 9.72. The number of fused-ring (bicyclic) bond motifs is 1. The first-order valence-corrected chi connectivity index (χ1v) is 15.9.